The molecule has 0 bridgehead atoms. The summed E-state index contributed by atoms with van der Waals surface area (Å²) >= 11 is 0. The molecule has 134 valence electrons. The molecular formula is C20H25NO4. The van der Waals surface area contributed by atoms with Crippen molar-refractivity contribution in [2.45, 2.75) is 45.1 Å². The third-order valence-corrected chi connectivity index (χ3v) is 4.81. The second kappa shape index (κ2) is 8.92. The van der Waals surface area contributed by atoms with Crippen LogP contribution >= 0.6 is 0 Å². The molecule has 1 aromatic carbocycles. The molecule has 1 unspecified atom stereocenters. The number of aromatic nitrogens is 1. The molecule has 1 saturated heterocycles. The highest BCUT2D eigenvalue weighted by Crippen LogP contribution is 2.22. The lowest BCUT2D eigenvalue weighted by Crippen LogP contribution is -2.08. The van der Waals surface area contributed by atoms with Crippen LogP contribution in [0.2, 0.25) is 0 Å². The van der Waals surface area contributed by atoms with Gasteiger partial charge in [0.15, 0.2) is 11.5 Å². The number of benzene rings is 1. The molecule has 3 rings (SSSR count). The summed E-state index contributed by atoms with van der Waals surface area (Å²) in [6.45, 7) is 1.32. The number of rotatable bonds is 9. The van der Waals surface area contributed by atoms with Gasteiger partial charge in [-0.05, 0) is 37.2 Å². The number of carbonyl (C=O) groups is 1. The molecule has 1 N–H and O–H groups in total. The maximum Gasteiger partial charge on any atom is 0.185 e. The Hall–Kier alpha value is -1.98. The van der Waals surface area contributed by atoms with Crippen molar-refractivity contribution in [1.82, 2.24) is 5.16 Å². The first-order valence-electron chi connectivity index (χ1n) is 9.01. The predicted octanol–water partition coefficient (Wildman–Crippen LogP) is 3.34. The number of nitrogens with zero attached hydrogens (tertiary/aromatic N) is 1. The van der Waals surface area contributed by atoms with Crippen LogP contribution in [0, 0.1) is 5.92 Å². The molecule has 5 heteroatoms. The van der Waals surface area contributed by atoms with Gasteiger partial charge in [0.2, 0.25) is 0 Å². The summed E-state index contributed by atoms with van der Waals surface area (Å²) in [7, 11) is 0. The maximum absolute atomic E-state index is 12.4. The molecule has 2 aromatic rings. The van der Waals surface area contributed by atoms with Gasteiger partial charge in [-0.2, -0.15) is 0 Å². The minimum absolute atomic E-state index is 0.0472. The van der Waals surface area contributed by atoms with Crippen LogP contribution in [0.4, 0.5) is 0 Å². The Labute approximate surface area is 148 Å². The van der Waals surface area contributed by atoms with Crippen molar-refractivity contribution in [2.24, 2.45) is 5.92 Å². The van der Waals surface area contributed by atoms with Crippen molar-refractivity contribution in [3.05, 3.63) is 52.9 Å². The highest BCUT2D eigenvalue weighted by Gasteiger charge is 2.23. The van der Waals surface area contributed by atoms with Crippen LogP contribution in [-0.2, 0) is 24.2 Å². The summed E-state index contributed by atoms with van der Waals surface area (Å²) < 4.78 is 10.7. The summed E-state index contributed by atoms with van der Waals surface area (Å²) in [5.74, 6) is 1.04. The zero-order chi connectivity index (χ0) is 17.5. The van der Waals surface area contributed by atoms with Crippen LogP contribution < -0.4 is 0 Å². The molecule has 0 spiro atoms. The van der Waals surface area contributed by atoms with Crippen molar-refractivity contribution in [3.63, 3.8) is 0 Å². The Morgan fingerprint density at radius 3 is 2.80 bits per heavy atom. The van der Waals surface area contributed by atoms with Crippen LogP contribution in [0.25, 0.3) is 0 Å². The van der Waals surface area contributed by atoms with E-state index in [1.54, 1.807) is 0 Å². The Kier molecular flexibility index (Phi) is 6.36. The average Bonchev–Trinajstić information content (AvgIpc) is 3.30. The van der Waals surface area contributed by atoms with Gasteiger partial charge < -0.3 is 14.4 Å². The molecule has 1 fully saturated rings. The molecule has 5 nitrogen and oxygen atoms in total. The Morgan fingerprint density at radius 1 is 1.24 bits per heavy atom. The van der Waals surface area contributed by atoms with Gasteiger partial charge in [-0.25, -0.2) is 0 Å². The van der Waals surface area contributed by atoms with Gasteiger partial charge in [0.05, 0.1) is 12.2 Å². The highest BCUT2D eigenvalue weighted by molar-refractivity contribution is 5.95. The van der Waals surface area contributed by atoms with Crippen molar-refractivity contribution in [2.75, 3.05) is 13.2 Å². The van der Waals surface area contributed by atoms with Crippen LogP contribution in [0.15, 0.2) is 34.9 Å². The van der Waals surface area contributed by atoms with Crippen molar-refractivity contribution < 1.29 is 19.2 Å². The summed E-state index contributed by atoms with van der Waals surface area (Å²) in [4.78, 5) is 12.4. The average molecular weight is 343 g/mol. The van der Waals surface area contributed by atoms with Crippen molar-refractivity contribution in [1.29, 1.82) is 0 Å². The molecule has 1 atom stereocenters. The largest absolute Gasteiger partial charge is 0.391 e. The fourth-order valence-corrected chi connectivity index (χ4v) is 3.28. The first-order chi connectivity index (χ1) is 12.3. The first kappa shape index (κ1) is 17.8. The smallest absolute Gasteiger partial charge is 0.185 e. The zero-order valence-electron chi connectivity index (χ0n) is 14.4. The first-order valence-corrected chi connectivity index (χ1v) is 9.01. The summed E-state index contributed by atoms with van der Waals surface area (Å²) in [6, 6.07) is 10.2. The van der Waals surface area contributed by atoms with Gasteiger partial charge in [0.1, 0.15) is 5.76 Å². The van der Waals surface area contributed by atoms with E-state index in [4.69, 9.17) is 9.26 Å². The normalized spacial score (nSPS) is 17.1. The van der Waals surface area contributed by atoms with Gasteiger partial charge >= 0.3 is 0 Å². The zero-order valence-corrected chi connectivity index (χ0v) is 14.4. The van der Waals surface area contributed by atoms with Crippen LogP contribution in [0.5, 0.6) is 0 Å². The van der Waals surface area contributed by atoms with Gasteiger partial charge in [-0.3, -0.25) is 4.79 Å². The maximum atomic E-state index is 12.4. The Morgan fingerprint density at radius 2 is 2.08 bits per heavy atom. The molecule has 1 aliphatic rings. The Balaban J connectivity index is 1.55. The standard InChI is InChI=1S/C20H25NO4/c22-13-17-19(8-4-7-15-5-2-1-3-6-15)25-21-20(17)18(23)10-9-16-11-12-24-14-16/h1-3,5-6,16,22H,4,7-14H2. The minimum Gasteiger partial charge on any atom is -0.391 e. The number of ether oxygens (including phenoxy) is 1. The molecule has 0 amide bonds. The number of carbonyl (C=O) groups excluding carboxylic acids is 1. The van der Waals surface area contributed by atoms with E-state index in [1.165, 1.54) is 5.56 Å². The molecule has 25 heavy (non-hydrogen) atoms. The number of aliphatic hydroxyl groups is 1. The van der Waals surface area contributed by atoms with E-state index in [9.17, 15) is 9.90 Å². The third kappa shape index (κ3) is 4.77. The predicted molar refractivity (Wildman–Crippen MR) is 93.4 cm³/mol. The molecule has 2 heterocycles. The number of aryl methyl sites for hydroxylation is 2. The van der Waals surface area contributed by atoms with Crippen molar-refractivity contribution >= 4 is 5.78 Å². The fourth-order valence-electron chi connectivity index (χ4n) is 3.28. The SMILES string of the molecule is O=C(CCC1CCOC1)c1noc(CCCc2ccccc2)c1CO. The number of hydrogen-bond donors (Lipinski definition) is 1. The van der Waals surface area contributed by atoms with E-state index >= 15 is 0 Å². The lowest BCUT2D eigenvalue weighted by molar-refractivity contribution is 0.0960. The summed E-state index contributed by atoms with van der Waals surface area (Å²) in [5, 5.41) is 13.6. The van der Waals surface area contributed by atoms with Crippen molar-refractivity contribution in [3.8, 4) is 0 Å². The van der Waals surface area contributed by atoms with E-state index < -0.39 is 0 Å². The third-order valence-electron chi connectivity index (χ3n) is 4.81. The van der Waals surface area contributed by atoms with Crippen LogP contribution in [0.1, 0.15) is 53.1 Å². The fraction of sp³-hybridized carbons (Fsp3) is 0.500. The topological polar surface area (TPSA) is 72.6 Å². The van der Waals surface area contributed by atoms with E-state index in [1.807, 2.05) is 18.2 Å². The Bertz CT molecular complexity index is 674. The minimum atomic E-state index is -0.211. The number of Topliss-reactive ketones (excluding diaryl/α,β-unsaturated/α-hetero) is 1. The van der Waals surface area contributed by atoms with Gasteiger partial charge in [-0.1, -0.05) is 35.5 Å². The quantitative estimate of drug-likeness (QED) is 0.707. The molecule has 0 saturated carbocycles. The van der Waals surface area contributed by atoms with E-state index in [2.05, 4.69) is 17.3 Å². The van der Waals surface area contributed by atoms with Gasteiger partial charge in [0.25, 0.3) is 0 Å². The number of aliphatic hydroxyl groups excluding tert-OH is 1. The molecular weight excluding hydrogens is 318 g/mol. The second-order valence-corrected chi connectivity index (χ2v) is 6.62. The molecule has 1 aromatic heterocycles. The van der Waals surface area contributed by atoms with E-state index in [0.29, 0.717) is 35.8 Å². The summed E-state index contributed by atoms with van der Waals surface area (Å²) in [6.07, 6.45) is 4.73. The highest BCUT2D eigenvalue weighted by atomic mass is 16.5. The molecule has 0 radical (unpaired) electrons. The molecule has 1 aliphatic heterocycles. The van der Waals surface area contributed by atoms with E-state index in [-0.39, 0.29) is 12.4 Å². The monoisotopic (exact) mass is 343 g/mol. The van der Waals surface area contributed by atoms with Crippen LogP contribution in [0.3, 0.4) is 0 Å². The number of hydrogen-bond acceptors (Lipinski definition) is 5. The lowest BCUT2D eigenvalue weighted by Gasteiger charge is -2.05. The van der Waals surface area contributed by atoms with Gasteiger partial charge in [0, 0.05) is 26.1 Å². The van der Waals surface area contributed by atoms with Crippen LogP contribution in [-0.4, -0.2) is 29.3 Å². The second-order valence-electron chi connectivity index (χ2n) is 6.62. The molecule has 0 aliphatic carbocycles. The summed E-state index contributed by atoms with van der Waals surface area (Å²) in [5.41, 5.74) is 2.12. The lowest BCUT2D eigenvalue weighted by atomic mass is 9.98. The van der Waals surface area contributed by atoms with Gasteiger partial charge in [-0.15, -0.1) is 0 Å². The number of ketones is 1. The van der Waals surface area contributed by atoms with E-state index in [0.717, 1.165) is 38.9 Å².